The highest BCUT2D eigenvalue weighted by molar-refractivity contribution is 7.98. The van der Waals surface area contributed by atoms with E-state index in [9.17, 15) is 0 Å². The molecule has 29 heavy (non-hydrogen) atoms. The number of benzene rings is 2. The van der Waals surface area contributed by atoms with Gasteiger partial charge in [0.2, 0.25) is 0 Å². The Morgan fingerprint density at radius 1 is 1.21 bits per heavy atom. The van der Waals surface area contributed by atoms with Gasteiger partial charge in [-0.15, -0.1) is 16.8 Å². The maximum absolute atomic E-state index is 6.22. The third-order valence-electron chi connectivity index (χ3n) is 4.12. The Kier molecular flexibility index (Phi) is 7.47. The highest BCUT2D eigenvalue weighted by Gasteiger charge is 2.20. The topological polar surface area (TPSA) is 49.2 Å². The first-order valence-electron chi connectivity index (χ1n) is 8.93. The first-order valence-corrected chi connectivity index (χ1v) is 10.7. The van der Waals surface area contributed by atoms with E-state index in [-0.39, 0.29) is 6.10 Å². The molecule has 1 atom stereocenters. The molecule has 3 aromatic rings. The molecule has 2 aromatic carbocycles. The predicted octanol–water partition coefficient (Wildman–Crippen LogP) is 6.21. The standard InChI is InChI=1S/C21H21Cl2N3O2S/c1-4-10-26-20(14(2)28-19-12-16(22)8-9-18(19)23)24-25-21(26)29-13-15-6-5-7-17(11-15)27-3/h4-9,11-12,14H,1,10,13H2,2-3H3. The van der Waals surface area contributed by atoms with Crippen molar-refractivity contribution in [3.63, 3.8) is 0 Å². The van der Waals surface area contributed by atoms with Gasteiger partial charge in [0.25, 0.3) is 0 Å². The number of thioether (sulfide) groups is 1. The largest absolute Gasteiger partial charge is 0.497 e. The molecule has 1 heterocycles. The maximum atomic E-state index is 6.22. The van der Waals surface area contributed by atoms with E-state index in [1.807, 2.05) is 35.8 Å². The lowest BCUT2D eigenvalue weighted by Gasteiger charge is -2.16. The molecule has 1 aromatic heterocycles. The average molecular weight is 450 g/mol. The second kappa shape index (κ2) is 10.1. The summed E-state index contributed by atoms with van der Waals surface area (Å²) in [5.41, 5.74) is 1.14. The van der Waals surface area contributed by atoms with Gasteiger partial charge in [0.1, 0.15) is 11.5 Å². The molecule has 0 saturated carbocycles. The predicted molar refractivity (Wildman–Crippen MR) is 118 cm³/mol. The van der Waals surface area contributed by atoms with Crippen molar-refractivity contribution in [2.75, 3.05) is 7.11 Å². The van der Waals surface area contributed by atoms with Crippen LogP contribution >= 0.6 is 35.0 Å². The van der Waals surface area contributed by atoms with E-state index in [0.29, 0.717) is 28.2 Å². The highest BCUT2D eigenvalue weighted by Crippen LogP contribution is 2.32. The summed E-state index contributed by atoms with van der Waals surface area (Å²) in [4.78, 5) is 0. The van der Waals surface area contributed by atoms with E-state index in [0.717, 1.165) is 22.2 Å². The van der Waals surface area contributed by atoms with Crippen molar-refractivity contribution in [3.05, 3.63) is 76.6 Å². The molecule has 0 fully saturated rings. The van der Waals surface area contributed by atoms with E-state index in [4.69, 9.17) is 32.7 Å². The van der Waals surface area contributed by atoms with Gasteiger partial charge in [0, 0.05) is 23.4 Å². The van der Waals surface area contributed by atoms with Crippen LogP contribution in [0.1, 0.15) is 24.4 Å². The minimum Gasteiger partial charge on any atom is -0.497 e. The van der Waals surface area contributed by atoms with Gasteiger partial charge in [-0.2, -0.15) is 0 Å². The summed E-state index contributed by atoms with van der Waals surface area (Å²) in [6.07, 6.45) is 1.44. The molecule has 0 aliphatic heterocycles. The molecule has 1 unspecified atom stereocenters. The van der Waals surface area contributed by atoms with Crippen LogP contribution in [0.15, 0.2) is 60.3 Å². The Morgan fingerprint density at radius 3 is 2.79 bits per heavy atom. The van der Waals surface area contributed by atoms with Gasteiger partial charge >= 0.3 is 0 Å². The van der Waals surface area contributed by atoms with Gasteiger partial charge in [-0.25, -0.2) is 0 Å². The first-order chi connectivity index (χ1) is 14.0. The number of aromatic nitrogens is 3. The molecule has 3 rings (SSSR count). The highest BCUT2D eigenvalue weighted by atomic mass is 35.5. The normalized spacial score (nSPS) is 11.9. The van der Waals surface area contributed by atoms with Gasteiger partial charge in [0.15, 0.2) is 17.1 Å². The molecule has 0 aliphatic rings. The van der Waals surface area contributed by atoms with E-state index in [1.54, 1.807) is 37.1 Å². The van der Waals surface area contributed by atoms with Crippen molar-refractivity contribution in [2.45, 2.75) is 30.5 Å². The molecule has 5 nitrogen and oxygen atoms in total. The summed E-state index contributed by atoms with van der Waals surface area (Å²) in [6.45, 7) is 6.32. The lowest BCUT2D eigenvalue weighted by molar-refractivity contribution is 0.210. The molecule has 8 heteroatoms. The lowest BCUT2D eigenvalue weighted by atomic mass is 10.2. The minimum atomic E-state index is -0.371. The summed E-state index contributed by atoms with van der Waals surface area (Å²) in [6, 6.07) is 13.1. The lowest BCUT2D eigenvalue weighted by Crippen LogP contribution is -2.12. The maximum Gasteiger partial charge on any atom is 0.191 e. The van der Waals surface area contributed by atoms with Crippen molar-refractivity contribution in [1.82, 2.24) is 14.8 Å². The monoisotopic (exact) mass is 449 g/mol. The third kappa shape index (κ3) is 5.47. The smallest absolute Gasteiger partial charge is 0.191 e. The zero-order valence-electron chi connectivity index (χ0n) is 16.1. The Bertz CT molecular complexity index is 994. The summed E-state index contributed by atoms with van der Waals surface area (Å²) in [5.74, 6) is 2.76. The van der Waals surface area contributed by atoms with Crippen molar-refractivity contribution >= 4 is 35.0 Å². The summed E-state index contributed by atoms with van der Waals surface area (Å²) in [7, 11) is 1.66. The van der Waals surface area contributed by atoms with E-state index in [2.05, 4.69) is 22.8 Å². The first kappa shape index (κ1) is 21.6. The molecule has 0 N–H and O–H groups in total. The van der Waals surface area contributed by atoms with Gasteiger partial charge in [-0.1, -0.05) is 53.2 Å². The Balaban J connectivity index is 1.78. The molecular formula is C21H21Cl2N3O2S. The van der Waals surface area contributed by atoms with Crippen LogP contribution in [0.3, 0.4) is 0 Å². The Hall–Kier alpha value is -2.15. The van der Waals surface area contributed by atoms with Crippen molar-refractivity contribution < 1.29 is 9.47 Å². The van der Waals surface area contributed by atoms with Crippen LogP contribution in [0.2, 0.25) is 10.0 Å². The van der Waals surface area contributed by atoms with Gasteiger partial charge in [0.05, 0.1) is 12.1 Å². The van der Waals surface area contributed by atoms with E-state index >= 15 is 0 Å². The number of ether oxygens (including phenoxy) is 2. The molecule has 0 spiro atoms. The molecule has 0 aliphatic carbocycles. The fourth-order valence-electron chi connectivity index (χ4n) is 2.73. The fraction of sp³-hybridized carbons (Fsp3) is 0.238. The number of nitrogens with zero attached hydrogens (tertiary/aromatic N) is 3. The molecule has 0 amide bonds. The third-order valence-corrected chi connectivity index (χ3v) is 5.71. The van der Waals surface area contributed by atoms with Crippen LogP contribution in [-0.4, -0.2) is 21.9 Å². The summed E-state index contributed by atoms with van der Waals surface area (Å²) in [5, 5.41) is 10.5. The molecular weight excluding hydrogens is 429 g/mol. The van der Waals surface area contributed by atoms with Gasteiger partial charge < -0.3 is 9.47 Å². The SMILES string of the molecule is C=CCn1c(SCc2cccc(OC)c2)nnc1C(C)Oc1cc(Cl)ccc1Cl. The zero-order chi connectivity index (χ0) is 20.8. The average Bonchev–Trinajstić information content (AvgIpc) is 3.12. The second-order valence-corrected chi connectivity index (χ2v) is 8.00. The fourth-order valence-corrected chi connectivity index (χ4v) is 3.95. The number of halogens is 2. The Morgan fingerprint density at radius 2 is 2.03 bits per heavy atom. The van der Waals surface area contributed by atoms with E-state index in [1.165, 1.54) is 0 Å². The van der Waals surface area contributed by atoms with Gasteiger partial charge in [-0.3, -0.25) is 4.57 Å². The summed E-state index contributed by atoms with van der Waals surface area (Å²) >= 11 is 13.9. The van der Waals surface area contributed by atoms with Gasteiger partial charge in [-0.05, 0) is 36.8 Å². The number of rotatable bonds is 9. The molecule has 0 bridgehead atoms. The van der Waals surface area contributed by atoms with Crippen molar-refractivity contribution in [2.24, 2.45) is 0 Å². The molecule has 0 radical (unpaired) electrons. The summed E-state index contributed by atoms with van der Waals surface area (Å²) < 4.78 is 13.3. The molecule has 0 saturated heterocycles. The van der Waals surface area contributed by atoms with Crippen LogP contribution in [0.4, 0.5) is 0 Å². The Labute approximate surface area is 184 Å². The van der Waals surface area contributed by atoms with Crippen molar-refractivity contribution in [3.8, 4) is 11.5 Å². The number of methoxy groups -OCH3 is 1. The van der Waals surface area contributed by atoms with Crippen LogP contribution in [0.25, 0.3) is 0 Å². The van der Waals surface area contributed by atoms with Crippen LogP contribution in [-0.2, 0) is 12.3 Å². The van der Waals surface area contributed by atoms with E-state index < -0.39 is 0 Å². The second-order valence-electron chi connectivity index (χ2n) is 6.22. The van der Waals surface area contributed by atoms with Crippen LogP contribution in [0.5, 0.6) is 11.5 Å². The van der Waals surface area contributed by atoms with Crippen LogP contribution in [0, 0.1) is 0 Å². The zero-order valence-corrected chi connectivity index (χ0v) is 18.5. The quantitative estimate of drug-likeness (QED) is 0.287. The minimum absolute atomic E-state index is 0.371. The number of hydrogen-bond acceptors (Lipinski definition) is 5. The van der Waals surface area contributed by atoms with Crippen molar-refractivity contribution in [1.29, 1.82) is 0 Å². The number of allylic oxidation sites excluding steroid dienone is 1. The van der Waals surface area contributed by atoms with Crippen LogP contribution < -0.4 is 9.47 Å². The number of hydrogen-bond donors (Lipinski definition) is 0. The molecule has 152 valence electrons.